The lowest BCUT2D eigenvalue weighted by molar-refractivity contribution is -0.142. The largest absolute Gasteiger partial charge is 0.480 e. The number of hydrogen-bond donors (Lipinski definition) is 7. The van der Waals surface area contributed by atoms with E-state index in [0.717, 1.165) is 0 Å². The molecule has 13 heteroatoms. The summed E-state index contributed by atoms with van der Waals surface area (Å²) < 4.78 is 0. The van der Waals surface area contributed by atoms with Crippen LogP contribution in [0.15, 0.2) is 60.7 Å². The molecule has 0 radical (unpaired) electrons. The number of amides is 5. The summed E-state index contributed by atoms with van der Waals surface area (Å²) in [5.41, 5.74) is 17.6. The molecular formula is C28H36N6O7. The quantitative estimate of drug-likeness (QED) is 0.123. The SMILES string of the molecule is NC(=O)CC[C@H](NC(=O)[C@H](Cc1ccccc1)NC(=O)[C@@H](N)CCC(N)=O)C(=O)N[C@@H](Cc1ccccc1)C(=O)O. The topological polar surface area (TPSA) is 237 Å². The third kappa shape index (κ3) is 11.9. The molecule has 0 aliphatic heterocycles. The second-order valence-corrected chi connectivity index (χ2v) is 9.52. The van der Waals surface area contributed by atoms with Gasteiger partial charge >= 0.3 is 5.97 Å². The van der Waals surface area contributed by atoms with E-state index >= 15 is 0 Å². The molecule has 5 amide bonds. The molecule has 2 aromatic carbocycles. The molecule has 2 rings (SSSR count). The molecule has 2 aromatic rings. The van der Waals surface area contributed by atoms with E-state index in [4.69, 9.17) is 17.2 Å². The van der Waals surface area contributed by atoms with Crippen LogP contribution in [-0.2, 0) is 41.6 Å². The van der Waals surface area contributed by atoms with E-state index in [1.807, 2.05) is 0 Å². The van der Waals surface area contributed by atoms with Crippen LogP contribution >= 0.6 is 0 Å². The van der Waals surface area contributed by atoms with Crippen LogP contribution in [0.3, 0.4) is 0 Å². The average molecular weight is 569 g/mol. The van der Waals surface area contributed by atoms with Crippen molar-refractivity contribution < 1.29 is 33.9 Å². The molecule has 13 nitrogen and oxygen atoms in total. The van der Waals surface area contributed by atoms with Crippen LogP contribution in [-0.4, -0.2) is 64.8 Å². The third-order valence-corrected chi connectivity index (χ3v) is 6.16. The summed E-state index contributed by atoms with van der Waals surface area (Å²) in [5.74, 6) is -4.99. The summed E-state index contributed by atoms with van der Waals surface area (Å²) in [6.07, 6.45) is -0.655. The lowest BCUT2D eigenvalue weighted by Gasteiger charge is -2.25. The van der Waals surface area contributed by atoms with Gasteiger partial charge in [0.25, 0.3) is 0 Å². The number of benzene rings is 2. The van der Waals surface area contributed by atoms with Crippen molar-refractivity contribution in [2.45, 2.75) is 62.7 Å². The zero-order chi connectivity index (χ0) is 30.4. The maximum atomic E-state index is 13.4. The molecule has 0 heterocycles. The molecule has 0 spiro atoms. The number of carbonyl (C=O) groups is 6. The molecule has 4 atom stereocenters. The number of nitrogens with two attached hydrogens (primary N) is 3. The minimum Gasteiger partial charge on any atom is -0.480 e. The molecule has 0 aliphatic rings. The van der Waals surface area contributed by atoms with E-state index in [-0.39, 0.29) is 38.5 Å². The molecule has 0 aromatic heterocycles. The Morgan fingerprint density at radius 2 is 1.02 bits per heavy atom. The zero-order valence-electron chi connectivity index (χ0n) is 22.5. The van der Waals surface area contributed by atoms with Gasteiger partial charge in [0.2, 0.25) is 29.5 Å². The van der Waals surface area contributed by atoms with Gasteiger partial charge in [0.15, 0.2) is 0 Å². The minimum atomic E-state index is -1.34. The van der Waals surface area contributed by atoms with Gasteiger partial charge in [-0.25, -0.2) is 4.79 Å². The highest BCUT2D eigenvalue weighted by molar-refractivity contribution is 5.94. The number of primary amides is 2. The van der Waals surface area contributed by atoms with Gasteiger partial charge in [-0.3, -0.25) is 24.0 Å². The molecule has 0 saturated carbocycles. The van der Waals surface area contributed by atoms with Gasteiger partial charge in [-0.2, -0.15) is 0 Å². The Kier molecular flexibility index (Phi) is 12.9. The molecule has 0 aliphatic carbocycles. The van der Waals surface area contributed by atoms with Crippen molar-refractivity contribution in [1.82, 2.24) is 16.0 Å². The average Bonchev–Trinajstić information content (AvgIpc) is 2.93. The second kappa shape index (κ2) is 16.4. The lowest BCUT2D eigenvalue weighted by Crippen LogP contribution is -2.58. The van der Waals surface area contributed by atoms with E-state index in [2.05, 4.69) is 16.0 Å². The molecule has 0 bridgehead atoms. The van der Waals surface area contributed by atoms with Crippen molar-refractivity contribution in [3.05, 3.63) is 71.8 Å². The molecule has 0 saturated heterocycles. The number of nitrogens with one attached hydrogen (secondary N) is 3. The summed E-state index contributed by atoms with van der Waals surface area (Å²) in [7, 11) is 0. The Bertz CT molecular complexity index is 1210. The first-order valence-electron chi connectivity index (χ1n) is 13.0. The fourth-order valence-electron chi connectivity index (χ4n) is 3.92. The van der Waals surface area contributed by atoms with Crippen molar-refractivity contribution in [1.29, 1.82) is 0 Å². The number of carbonyl (C=O) groups excluding carboxylic acids is 5. The normalized spacial score (nSPS) is 13.6. The van der Waals surface area contributed by atoms with Crippen LogP contribution < -0.4 is 33.2 Å². The van der Waals surface area contributed by atoms with E-state index < -0.39 is 59.7 Å². The first kappa shape index (κ1) is 32.4. The van der Waals surface area contributed by atoms with Crippen LogP contribution in [0.25, 0.3) is 0 Å². The van der Waals surface area contributed by atoms with Crippen LogP contribution in [0.2, 0.25) is 0 Å². The van der Waals surface area contributed by atoms with E-state index in [1.54, 1.807) is 60.7 Å². The van der Waals surface area contributed by atoms with Crippen molar-refractivity contribution >= 4 is 35.5 Å². The number of hydrogen-bond acceptors (Lipinski definition) is 7. The standard InChI is InChI=1S/C28H36N6O7/c29-19(11-13-23(30)35)25(37)33-21(15-17-7-3-1-4-8-17)27(39)32-20(12-14-24(31)36)26(38)34-22(28(40)41)16-18-9-5-2-6-10-18/h1-10,19-22H,11-16,29H2,(H2,30,35)(H2,31,36)(H,32,39)(H,33,37)(H,34,38)(H,40,41)/t19-,20-,21-,22-/m0/s1. The summed E-state index contributed by atoms with van der Waals surface area (Å²) in [6.45, 7) is 0. The monoisotopic (exact) mass is 568 g/mol. The van der Waals surface area contributed by atoms with E-state index in [9.17, 15) is 33.9 Å². The van der Waals surface area contributed by atoms with Gasteiger partial charge in [-0.05, 0) is 24.0 Å². The van der Waals surface area contributed by atoms with Crippen LogP contribution in [0.1, 0.15) is 36.8 Å². The fraction of sp³-hybridized carbons (Fsp3) is 0.357. The number of rotatable bonds is 17. The third-order valence-electron chi connectivity index (χ3n) is 6.16. The maximum Gasteiger partial charge on any atom is 0.326 e. The smallest absolute Gasteiger partial charge is 0.326 e. The molecule has 41 heavy (non-hydrogen) atoms. The van der Waals surface area contributed by atoms with Crippen molar-refractivity contribution in [2.24, 2.45) is 17.2 Å². The van der Waals surface area contributed by atoms with E-state index in [1.165, 1.54) is 0 Å². The van der Waals surface area contributed by atoms with Gasteiger partial charge in [0, 0.05) is 25.7 Å². The first-order chi connectivity index (χ1) is 19.5. The predicted molar refractivity (Wildman–Crippen MR) is 149 cm³/mol. The Morgan fingerprint density at radius 3 is 1.51 bits per heavy atom. The Hall–Kier alpha value is -4.78. The number of aliphatic carboxylic acids is 1. The molecule has 0 fully saturated rings. The summed E-state index contributed by atoms with van der Waals surface area (Å²) in [6, 6.07) is 12.4. The summed E-state index contributed by atoms with van der Waals surface area (Å²) >= 11 is 0. The molecule has 10 N–H and O–H groups in total. The molecule has 220 valence electrons. The Labute approximate surface area is 237 Å². The van der Waals surface area contributed by atoms with E-state index in [0.29, 0.717) is 11.1 Å². The van der Waals surface area contributed by atoms with Crippen LogP contribution in [0.4, 0.5) is 0 Å². The highest BCUT2D eigenvalue weighted by Crippen LogP contribution is 2.08. The van der Waals surface area contributed by atoms with Gasteiger partial charge in [-0.15, -0.1) is 0 Å². The van der Waals surface area contributed by atoms with Crippen molar-refractivity contribution in [3.63, 3.8) is 0 Å². The van der Waals surface area contributed by atoms with Gasteiger partial charge < -0.3 is 38.3 Å². The highest BCUT2D eigenvalue weighted by atomic mass is 16.4. The number of carboxylic acid groups (broad SMARTS) is 1. The maximum absolute atomic E-state index is 13.4. The Balaban J connectivity index is 2.23. The molecule has 0 unspecified atom stereocenters. The minimum absolute atomic E-state index is 0.0196. The zero-order valence-corrected chi connectivity index (χ0v) is 22.5. The predicted octanol–water partition coefficient (Wildman–Crippen LogP) is -1.13. The highest BCUT2D eigenvalue weighted by Gasteiger charge is 2.31. The second-order valence-electron chi connectivity index (χ2n) is 9.52. The van der Waals surface area contributed by atoms with Gasteiger partial charge in [0.1, 0.15) is 18.1 Å². The summed E-state index contributed by atoms with van der Waals surface area (Å²) in [5, 5.41) is 17.2. The number of carboxylic acids is 1. The fourth-order valence-corrected chi connectivity index (χ4v) is 3.92. The van der Waals surface area contributed by atoms with Crippen molar-refractivity contribution in [2.75, 3.05) is 0 Å². The van der Waals surface area contributed by atoms with Gasteiger partial charge in [-0.1, -0.05) is 60.7 Å². The van der Waals surface area contributed by atoms with Crippen LogP contribution in [0.5, 0.6) is 0 Å². The van der Waals surface area contributed by atoms with Crippen molar-refractivity contribution in [3.8, 4) is 0 Å². The van der Waals surface area contributed by atoms with Gasteiger partial charge in [0.05, 0.1) is 6.04 Å². The lowest BCUT2D eigenvalue weighted by atomic mass is 10.0. The Morgan fingerprint density at radius 1 is 0.610 bits per heavy atom. The van der Waals surface area contributed by atoms with Crippen LogP contribution in [0, 0.1) is 0 Å². The first-order valence-corrected chi connectivity index (χ1v) is 13.0. The summed E-state index contributed by atoms with van der Waals surface area (Å²) in [4.78, 5) is 73.7. The molecular weight excluding hydrogens is 532 g/mol.